The molecule has 0 aliphatic carbocycles. The Bertz CT molecular complexity index is 516. The fourth-order valence-electron chi connectivity index (χ4n) is 1.30. The summed E-state index contributed by atoms with van der Waals surface area (Å²) in [4.78, 5) is 9.43. The Morgan fingerprint density at radius 1 is 1.29 bits per heavy atom. The van der Waals surface area contributed by atoms with Crippen molar-refractivity contribution >= 4 is 27.7 Å². The number of nitrogens with zero attached hydrogens (tertiary/aromatic N) is 2. The lowest BCUT2D eigenvalue weighted by molar-refractivity contribution is 0.279. The van der Waals surface area contributed by atoms with Crippen molar-refractivity contribution in [3.05, 3.63) is 46.2 Å². The molecule has 1 aromatic heterocycles. The summed E-state index contributed by atoms with van der Waals surface area (Å²) in [6.45, 7) is 1.96. The van der Waals surface area contributed by atoms with Gasteiger partial charge >= 0.3 is 0 Å². The van der Waals surface area contributed by atoms with Crippen molar-refractivity contribution in [3.8, 4) is 0 Å². The van der Waals surface area contributed by atoms with Gasteiger partial charge in [0.05, 0.1) is 6.61 Å². The summed E-state index contributed by atoms with van der Waals surface area (Å²) in [5.41, 5.74) is 1.90. The van der Waals surface area contributed by atoms with Crippen molar-refractivity contribution in [3.63, 3.8) is 0 Å². The number of rotatable bonds is 3. The monoisotopic (exact) mass is 310 g/mol. The van der Waals surface area contributed by atoms with Crippen molar-refractivity contribution in [2.45, 2.75) is 23.6 Å². The van der Waals surface area contributed by atoms with Crippen LogP contribution >= 0.6 is 27.7 Å². The first-order chi connectivity index (χ1) is 8.19. The Morgan fingerprint density at radius 3 is 2.65 bits per heavy atom. The second-order valence-electron chi connectivity index (χ2n) is 3.56. The standard InChI is InChI=1S/C12H11BrN2OS/c1-8-5-14-12(15-6-8)17-11-3-2-10(13)4-9(11)7-16/h2-6,16H,7H2,1H3. The van der Waals surface area contributed by atoms with Crippen LogP contribution in [-0.4, -0.2) is 15.1 Å². The number of hydrogen-bond donors (Lipinski definition) is 1. The third-order valence-electron chi connectivity index (χ3n) is 2.15. The molecule has 0 aliphatic heterocycles. The maximum Gasteiger partial charge on any atom is 0.192 e. The molecule has 2 aromatic rings. The van der Waals surface area contributed by atoms with Crippen LogP contribution in [0.15, 0.2) is 45.1 Å². The van der Waals surface area contributed by atoms with Gasteiger partial charge in [0.15, 0.2) is 5.16 Å². The molecule has 0 unspecified atom stereocenters. The molecular weight excluding hydrogens is 300 g/mol. The molecule has 0 saturated carbocycles. The maximum atomic E-state index is 9.29. The third-order valence-corrected chi connectivity index (χ3v) is 3.66. The zero-order valence-corrected chi connectivity index (χ0v) is 11.6. The molecule has 0 amide bonds. The lowest BCUT2D eigenvalue weighted by Crippen LogP contribution is -1.91. The van der Waals surface area contributed by atoms with Crippen LogP contribution in [0.2, 0.25) is 0 Å². The SMILES string of the molecule is Cc1cnc(Sc2ccc(Br)cc2CO)nc1. The van der Waals surface area contributed by atoms with E-state index in [0.717, 1.165) is 20.5 Å². The summed E-state index contributed by atoms with van der Waals surface area (Å²) in [7, 11) is 0. The van der Waals surface area contributed by atoms with Gasteiger partial charge in [-0.3, -0.25) is 0 Å². The van der Waals surface area contributed by atoms with E-state index in [9.17, 15) is 5.11 Å². The minimum absolute atomic E-state index is 0.00757. The highest BCUT2D eigenvalue weighted by molar-refractivity contribution is 9.10. The molecule has 0 aliphatic rings. The lowest BCUT2D eigenvalue weighted by atomic mass is 10.2. The van der Waals surface area contributed by atoms with E-state index in [-0.39, 0.29) is 6.61 Å². The highest BCUT2D eigenvalue weighted by atomic mass is 79.9. The summed E-state index contributed by atoms with van der Waals surface area (Å²) in [6.07, 6.45) is 3.57. The molecule has 17 heavy (non-hydrogen) atoms. The van der Waals surface area contributed by atoms with E-state index in [0.29, 0.717) is 5.16 Å². The Hall–Kier alpha value is -0.910. The minimum Gasteiger partial charge on any atom is -0.392 e. The van der Waals surface area contributed by atoms with E-state index in [4.69, 9.17) is 0 Å². The summed E-state index contributed by atoms with van der Waals surface area (Å²) in [6, 6.07) is 5.79. The second kappa shape index (κ2) is 5.62. The predicted molar refractivity (Wildman–Crippen MR) is 71.0 cm³/mol. The van der Waals surface area contributed by atoms with Gasteiger partial charge in [-0.15, -0.1) is 0 Å². The first-order valence-corrected chi connectivity index (χ1v) is 6.66. The van der Waals surface area contributed by atoms with Crippen LogP contribution in [0.1, 0.15) is 11.1 Å². The van der Waals surface area contributed by atoms with Crippen LogP contribution in [0.4, 0.5) is 0 Å². The van der Waals surface area contributed by atoms with Crippen molar-refractivity contribution in [2.24, 2.45) is 0 Å². The van der Waals surface area contributed by atoms with Crippen molar-refractivity contribution in [2.75, 3.05) is 0 Å². The number of aliphatic hydroxyl groups excluding tert-OH is 1. The van der Waals surface area contributed by atoms with Crippen LogP contribution in [0.3, 0.4) is 0 Å². The van der Waals surface area contributed by atoms with Crippen LogP contribution in [-0.2, 0) is 6.61 Å². The van der Waals surface area contributed by atoms with Gasteiger partial charge in [-0.2, -0.15) is 0 Å². The van der Waals surface area contributed by atoms with Gasteiger partial charge in [0.25, 0.3) is 0 Å². The van der Waals surface area contributed by atoms with Crippen LogP contribution < -0.4 is 0 Å². The number of aromatic nitrogens is 2. The number of halogens is 1. The van der Waals surface area contributed by atoms with Crippen LogP contribution in [0, 0.1) is 6.92 Å². The number of aliphatic hydroxyl groups is 1. The van der Waals surface area contributed by atoms with E-state index < -0.39 is 0 Å². The van der Waals surface area contributed by atoms with Gasteiger partial charge in [-0.1, -0.05) is 15.9 Å². The molecule has 1 N–H and O–H groups in total. The summed E-state index contributed by atoms with van der Waals surface area (Å²) < 4.78 is 0.954. The topological polar surface area (TPSA) is 46.0 Å². The molecule has 0 bridgehead atoms. The minimum atomic E-state index is 0.00757. The van der Waals surface area contributed by atoms with Gasteiger partial charge in [0.2, 0.25) is 0 Å². The fraction of sp³-hybridized carbons (Fsp3) is 0.167. The molecule has 1 heterocycles. The summed E-state index contributed by atoms with van der Waals surface area (Å²) >= 11 is 4.83. The smallest absolute Gasteiger partial charge is 0.192 e. The third kappa shape index (κ3) is 3.28. The van der Waals surface area contributed by atoms with E-state index in [2.05, 4.69) is 25.9 Å². The number of hydrogen-bond acceptors (Lipinski definition) is 4. The molecule has 2 rings (SSSR count). The average molecular weight is 311 g/mol. The summed E-state index contributed by atoms with van der Waals surface area (Å²) in [5.74, 6) is 0. The molecule has 88 valence electrons. The Labute approximate surface area is 112 Å². The Balaban J connectivity index is 2.26. The maximum absolute atomic E-state index is 9.29. The average Bonchev–Trinajstić information content (AvgIpc) is 2.34. The lowest BCUT2D eigenvalue weighted by Gasteiger charge is -2.06. The fourth-order valence-corrected chi connectivity index (χ4v) is 2.51. The largest absolute Gasteiger partial charge is 0.392 e. The quantitative estimate of drug-likeness (QED) is 0.884. The molecule has 1 aromatic carbocycles. The second-order valence-corrected chi connectivity index (χ2v) is 5.48. The Morgan fingerprint density at radius 2 is 2.00 bits per heavy atom. The van der Waals surface area contributed by atoms with E-state index in [1.165, 1.54) is 11.8 Å². The molecular formula is C12H11BrN2OS. The first kappa shape index (κ1) is 12.5. The zero-order chi connectivity index (χ0) is 12.3. The predicted octanol–water partition coefficient (Wildman–Crippen LogP) is 3.19. The zero-order valence-electron chi connectivity index (χ0n) is 9.22. The van der Waals surface area contributed by atoms with Crippen LogP contribution in [0.25, 0.3) is 0 Å². The number of benzene rings is 1. The highest BCUT2D eigenvalue weighted by Crippen LogP contribution is 2.29. The first-order valence-electron chi connectivity index (χ1n) is 5.05. The normalized spacial score (nSPS) is 10.5. The molecule has 0 atom stereocenters. The van der Waals surface area contributed by atoms with Gasteiger partial charge in [0.1, 0.15) is 0 Å². The molecule has 5 heteroatoms. The van der Waals surface area contributed by atoms with E-state index in [1.807, 2.05) is 25.1 Å². The molecule has 3 nitrogen and oxygen atoms in total. The van der Waals surface area contributed by atoms with Gasteiger partial charge in [-0.25, -0.2) is 9.97 Å². The Kier molecular flexibility index (Phi) is 4.15. The summed E-state index contributed by atoms with van der Waals surface area (Å²) in [5, 5.41) is 9.98. The van der Waals surface area contributed by atoms with Crippen LogP contribution in [0.5, 0.6) is 0 Å². The van der Waals surface area contributed by atoms with Gasteiger partial charge in [-0.05, 0) is 48.0 Å². The van der Waals surface area contributed by atoms with Gasteiger partial charge < -0.3 is 5.11 Å². The molecule has 0 saturated heterocycles. The van der Waals surface area contributed by atoms with Crippen molar-refractivity contribution < 1.29 is 5.11 Å². The highest BCUT2D eigenvalue weighted by Gasteiger charge is 2.06. The molecule has 0 spiro atoms. The van der Waals surface area contributed by atoms with E-state index >= 15 is 0 Å². The van der Waals surface area contributed by atoms with Gasteiger partial charge in [0, 0.05) is 21.8 Å². The molecule has 0 radical (unpaired) electrons. The van der Waals surface area contributed by atoms with Crippen molar-refractivity contribution in [1.82, 2.24) is 9.97 Å². The van der Waals surface area contributed by atoms with E-state index in [1.54, 1.807) is 12.4 Å². The number of aryl methyl sites for hydroxylation is 1. The van der Waals surface area contributed by atoms with Crippen molar-refractivity contribution in [1.29, 1.82) is 0 Å². The molecule has 0 fully saturated rings.